The highest BCUT2D eigenvalue weighted by atomic mass is 16.5. The molecule has 0 atom stereocenters. The maximum Gasteiger partial charge on any atom is 0.343 e. The minimum Gasteiger partial charge on any atom is -0.484 e. The molecule has 0 saturated heterocycles. The Morgan fingerprint density at radius 2 is 1.37 bits per heavy atom. The summed E-state index contributed by atoms with van der Waals surface area (Å²) >= 11 is 0. The molecule has 192 valence electrons. The first-order valence-electron chi connectivity index (χ1n) is 12.3. The molecule has 1 amide bonds. The van der Waals surface area contributed by atoms with Crippen molar-refractivity contribution >= 4 is 18.1 Å². The molecular weight excluding hydrogens is 476 g/mol. The summed E-state index contributed by atoms with van der Waals surface area (Å²) in [4.78, 5) is 24.5. The van der Waals surface area contributed by atoms with Crippen molar-refractivity contribution in [1.29, 1.82) is 0 Å². The molecule has 6 nitrogen and oxygen atoms in total. The van der Waals surface area contributed by atoms with E-state index in [1.807, 2.05) is 66.7 Å². The lowest BCUT2D eigenvalue weighted by atomic mass is 9.87. The Morgan fingerprint density at radius 3 is 2.00 bits per heavy atom. The molecule has 0 aliphatic carbocycles. The van der Waals surface area contributed by atoms with Crippen molar-refractivity contribution in [1.82, 2.24) is 5.43 Å². The van der Waals surface area contributed by atoms with Crippen LogP contribution in [0.4, 0.5) is 0 Å². The van der Waals surface area contributed by atoms with Gasteiger partial charge in [-0.3, -0.25) is 4.79 Å². The van der Waals surface area contributed by atoms with E-state index < -0.39 is 5.97 Å². The quantitative estimate of drug-likeness (QED) is 0.130. The van der Waals surface area contributed by atoms with Gasteiger partial charge in [0, 0.05) is 0 Å². The van der Waals surface area contributed by atoms with E-state index >= 15 is 0 Å². The number of hydrazone groups is 1. The molecule has 0 heterocycles. The molecular formula is C32H30N2O4. The maximum atomic E-state index is 12.4. The monoisotopic (exact) mass is 506 g/mol. The van der Waals surface area contributed by atoms with Crippen molar-refractivity contribution in [2.45, 2.75) is 26.2 Å². The molecule has 0 bridgehead atoms. The Balaban J connectivity index is 1.22. The van der Waals surface area contributed by atoms with Gasteiger partial charge in [0.25, 0.3) is 5.91 Å². The van der Waals surface area contributed by atoms with Crippen molar-refractivity contribution in [3.8, 4) is 22.6 Å². The largest absolute Gasteiger partial charge is 0.484 e. The zero-order valence-electron chi connectivity index (χ0n) is 21.7. The number of hydrogen-bond donors (Lipinski definition) is 1. The van der Waals surface area contributed by atoms with Gasteiger partial charge in [-0.05, 0) is 76.2 Å². The minimum atomic E-state index is -0.422. The molecule has 0 aromatic heterocycles. The summed E-state index contributed by atoms with van der Waals surface area (Å²) < 4.78 is 11.0. The van der Waals surface area contributed by atoms with Gasteiger partial charge >= 0.3 is 5.97 Å². The summed E-state index contributed by atoms with van der Waals surface area (Å²) in [7, 11) is 0. The summed E-state index contributed by atoms with van der Waals surface area (Å²) in [6, 6.07) is 31.8. The predicted octanol–water partition coefficient (Wildman–Crippen LogP) is 6.40. The van der Waals surface area contributed by atoms with Crippen molar-refractivity contribution in [2.75, 3.05) is 6.61 Å². The third-order valence-electron chi connectivity index (χ3n) is 5.81. The summed E-state index contributed by atoms with van der Waals surface area (Å²) in [5.74, 6) is 0.215. The SMILES string of the molecule is CC(C)(C)c1ccc(C(=O)Oc2ccc(/C=N/NC(=O)COc3ccc(-c4ccccc4)cc3)cc2)cc1. The van der Waals surface area contributed by atoms with E-state index in [0.29, 0.717) is 17.1 Å². The average molecular weight is 507 g/mol. The fourth-order valence-electron chi connectivity index (χ4n) is 3.63. The van der Waals surface area contributed by atoms with Crippen LogP contribution in [0, 0.1) is 0 Å². The van der Waals surface area contributed by atoms with Crippen LogP contribution >= 0.6 is 0 Å². The van der Waals surface area contributed by atoms with Crippen LogP contribution in [0.3, 0.4) is 0 Å². The number of benzene rings is 4. The van der Waals surface area contributed by atoms with E-state index in [0.717, 1.165) is 22.3 Å². The molecule has 4 rings (SSSR count). The standard InChI is InChI=1S/C32H30N2O4/c1-32(2,3)27-15-11-26(12-16-27)31(36)38-29-17-9-23(10-18-29)21-33-34-30(35)22-37-28-19-13-25(14-20-28)24-7-5-4-6-8-24/h4-21H,22H2,1-3H3,(H,34,35)/b33-21+. The van der Waals surface area contributed by atoms with Crippen LogP contribution in [0.15, 0.2) is 108 Å². The van der Waals surface area contributed by atoms with E-state index in [2.05, 4.69) is 31.3 Å². The second kappa shape index (κ2) is 12.0. The van der Waals surface area contributed by atoms with Gasteiger partial charge in [-0.25, -0.2) is 10.2 Å². The van der Waals surface area contributed by atoms with Crippen LogP contribution in [0.5, 0.6) is 11.5 Å². The Kier molecular flexibility index (Phi) is 8.34. The van der Waals surface area contributed by atoms with E-state index in [1.165, 1.54) is 6.21 Å². The minimum absolute atomic E-state index is 0.0153. The summed E-state index contributed by atoms with van der Waals surface area (Å²) in [6.07, 6.45) is 1.50. The van der Waals surface area contributed by atoms with Crippen molar-refractivity contribution in [3.63, 3.8) is 0 Å². The molecule has 0 radical (unpaired) electrons. The molecule has 0 aliphatic heterocycles. The van der Waals surface area contributed by atoms with Gasteiger partial charge in [0.05, 0.1) is 11.8 Å². The van der Waals surface area contributed by atoms with Gasteiger partial charge in [-0.15, -0.1) is 0 Å². The number of ether oxygens (including phenoxy) is 2. The zero-order valence-corrected chi connectivity index (χ0v) is 21.7. The molecule has 0 aliphatic rings. The number of nitrogens with zero attached hydrogens (tertiary/aromatic N) is 1. The van der Waals surface area contributed by atoms with Crippen LogP contribution in [0.2, 0.25) is 0 Å². The molecule has 0 fully saturated rings. The third-order valence-corrected chi connectivity index (χ3v) is 5.81. The molecule has 4 aromatic rings. The molecule has 4 aromatic carbocycles. The van der Waals surface area contributed by atoms with Crippen molar-refractivity contribution in [2.24, 2.45) is 5.10 Å². The lowest BCUT2D eigenvalue weighted by Gasteiger charge is -2.18. The first kappa shape index (κ1) is 26.4. The first-order chi connectivity index (χ1) is 18.3. The fraction of sp³-hybridized carbons (Fsp3) is 0.156. The molecule has 1 N–H and O–H groups in total. The topological polar surface area (TPSA) is 77.0 Å². The van der Waals surface area contributed by atoms with Gasteiger partial charge in [0.1, 0.15) is 11.5 Å². The second-order valence-corrected chi connectivity index (χ2v) is 9.76. The first-order valence-corrected chi connectivity index (χ1v) is 12.3. The van der Waals surface area contributed by atoms with Crippen LogP contribution in [0.25, 0.3) is 11.1 Å². The third kappa shape index (κ3) is 7.40. The second-order valence-electron chi connectivity index (χ2n) is 9.76. The van der Waals surface area contributed by atoms with Crippen molar-refractivity contribution < 1.29 is 19.1 Å². The smallest absolute Gasteiger partial charge is 0.343 e. The van der Waals surface area contributed by atoms with E-state index in [1.54, 1.807) is 36.4 Å². The van der Waals surface area contributed by atoms with Gasteiger partial charge in [-0.1, -0.05) is 75.4 Å². The number of carbonyl (C=O) groups excluding carboxylic acids is 2. The lowest BCUT2D eigenvalue weighted by molar-refractivity contribution is -0.123. The number of rotatable bonds is 8. The van der Waals surface area contributed by atoms with Crippen LogP contribution in [-0.4, -0.2) is 24.7 Å². The number of esters is 1. The van der Waals surface area contributed by atoms with Crippen molar-refractivity contribution in [3.05, 3.63) is 120 Å². The molecule has 6 heteroatoms. The maximum absolute atomic E-state index is 12.4. The summed E-state index contributed by atoms with van der Waals surface area (Å²) in [5, 5.41) is 3.96. The summed E-state index contributed by atoms with van der Waals surface area (Å²) in [6.45, 7) is 6.21. The normalized spacial score (nSPS) is 11.2. The van der Waals surface area contributed by atoms with E-state index in [4.69, 9.17) is 9.47 Å². The number of hydrogen-bond acceptors (Lipinski definition) is 5. The van der Waals surface area contributed by atoms with Gasteiger partial charge < -0.3 is 9.47 Å². The Bertz CT molecular complexity index is 1390. The van der Waals surface area contributed by atoms with Crippen LogP contribution < -0.4 is 14.9 Å². The highest BCUT2D eigenvalue weighted by molar-refractivity contribution is 5.91. The number of amides is 1. The Hall–Kier alpha value is -4.71. The molecule has 38 heavy (non-hydrogen) atoms. The van der Waals surface area contributed by atoms with Gasteiger partial charge in [0.2, 0.25) is 0 Å². The Labute approximate surface area is 222 Å². The number of carbonyl (C=O) groups is 2. The highest BCUT2D eigenvalue weighted by Crippen LogP contribution is 2.23. The summed E-state index contributed by atoms with van der Waals surface area (Å²) in [5.41, 5.74) is 7.01. The van der Waals surface area contributed by atoms with Crippen LogP contribution in [0.1, 0.15) is 42.3 Å². The zero-order chi connectivity index (χ0) is 27.0. The molecule has 0 saturated carbocycles. The lowest BCUT2D eigenvalue weighted by Crippen LogP contribution is -2.24. The molecule has 0 spiro atoms. The van der Waals surface area contributed by atoms with Gasteiger partial charge in [-0.2, -0.15) is 5.10 Å². The van der Waals surface area contributed by atoms with E-state index in [9.17, 15) is 9.59 Å². The predicted molar refractivity (Wildman–Crippen MR) is 150 cm³/mol. The number of nitrogens with one attached hydrogen (secondary N) is 1. The average Bonchev–Trinajstić information content (AvgIpc) is 2.93. The molecule has 0 unspecified atom stereocenters. The van der Waals surface area contributed by atoms with Crippen LogP contribution in [-0.2, 0) is 10.2 Å². The highest BCUT2D eigenvalue weighted by Gasteiger charge is 2.15. The van der Waals surface area contributed by atoms with Gasteiger partial charge in [0.15, 0.2) is 6.61 Å². The fourth-order valence-corrected chi connectivity index (χ4v) is 3.63. The Morgan fingerprint density at radius 1 is 0.763 bits per heavy atom. The van der Waals surface area contributed by atoms with E-state index in [-0.39, 0.29) is 17.9 Å².